The summed E-state index contributed by atoms with van der Waals surface area (Å²) in [7, 11) is 1.62. The molecule has 0 aromatic rings. The summed E-state index contributed by atoms with van der Waals surface area (Å²) in [6.45, 7) is 14.2. The molecule has 0 radical (unpaired) electrons. The first kappa shape index (κ1) is 27.1. The predicted octanol–water partition coefficient (Wildman–Crippen LogP) is 6.52. The van der Waals surface area contributed by atoms with E-state index in [0.29, 0.717) is 6.42 Å². The topological polar surface area (TPSA) is 52.6 Å². The summed E-state index contributed by atoms with van der Waals surface area (Å²) in [4.78, 5) is 25.4. The standard InChI is InChI=1S/C27H42O4/c1-9-22-12-15-27(7,14-10-11-19(2)3)16-13-24(31-26(29)17-20(4)5)21(6)25(30-8)18-23(22)28/h11-13,16-17,21,24-25H,9-10,14-15,18H2,1-8H3/b16-13+,22-12-/t21-,24-,25?,27+/m1/s1. The van der Waals surface area contributed by atoms with Gasteiger partial charge in [-0.1, -0.05) is 50.1 Å². The molecule has 0 amide bonds. The van der Waals surface area contributed by atoms with Crippen LogP contribution in [0.25, 0.3) is 0 Å². The zero-order valence-corrected chi connectivity index (χ0v) is 20.8. The Kier molecular flexibility index (Phi) is 11.2. The van der Waals surface area contributed by atoms with Crippen LogP contribution < -0.4 is 0 Å². The van der Waals surface area contributed by atoms with Crippen LogP contribution in [0.5, 0.6) is 0 Å². The SMILES string of the molecule is CC/C1=C/C[C@](C)(CCC=C(C)C)/C=C/[C@@H](OC(=O)C=C(C)C)[C@@H](C)C(OC)CC1=O. The van der Waals surface area contributed by atoms with Crippen molar-refractivity contribution in [3.8, 4) is 0 Å². The van der Waals surface area contributed by atoms with E-state index in [9.17, 15) is 9.59 Å². The van der Waals surface area contributed by atoms with Crippen molar-refractivity contribution in [3.63, 3.8) is 0 Å². The van der Waals surface area contributed by atoms with Gasteiger partial charge in [-0.15, -0.1) is 0 Å². The number of Topliss-reactive ketones (excluding diaryl/α,β-unsaturated/α-hetero) is 1. The highest BCUT2D eigenvalue weighted by Gasteiger charge is 2.31. The summed E-state index contributed by atoms with van der Waals surface area (Å²) in [5.74, 6) is -0.404. The number of hydrogen-bond donors (Lipinski definition) is 0. The molecular formula is C27H42O4. The van der Waals surface area contributed by atoms with Crippen molar-refractivity contribution >= 4 is 11.8 Å². The molecule has 0 aromatic heterocycles. The highest BCUT2D eigenvalue weighted by atomic mass is 16.5. The molecule has 0 bridgehead atoms. The van der Waals surface area contributed by atoms with Gasteiger partial charge in [0.15, 0.2) is 5.78 Å². The number of ketones is 1. The molecule has 1 aliphatic carbocycles. The number of ether oxygens (including phenoxy) is 2. The molecule has 4 atom stereocenters. The number of carbonyl (C=O) groups excluding carboxylic acids is 2. The Morgan fingerprint density at radius 1 is 1.23 bits per heavy atom. The van der Waals surface area contributed by atoms with Gasteiger partial charge in [-0.3, -0.25) is 4.79 Å². The number of hydrogen-bond acceptors (Lipinski definition) is 4. The summed E-state index contributed by atoms with van der Waals surface area (Å²) in [6.07, 6.45) is 12.9. The van der Waals surface area contributed by atoms with Crippen molar-refractivity contribution < 1.29 is 19.1 Å². The third-order valence-electron chi connectivity index (χ3n) is 5.96. The first-order valence-corrected chi connectivity index (χ1v) is 11.4. The smallest absolute Gasteiger partial charge is 0.331 e. The second kappa shape index (κ2) is 12.8. The van der Waals surface area contributed by atoms with Gasteiger partial charge in [0.2, 0.25) is 0 Å². The zero-order chi connectivity index (χ0) is 23.6. The first-order chi connectivity index (χ1) is 14.5. The maximum Gasteiger partial charge on any atom is 0.331 e. The predicted molar refractivity (Wildman–Crippen MR) is 128 cm³/mol. The molecule has 0 N–H and O–H groups in total. The van der Waals surface area contributed by atoms with Crippen LogP contribution in [0.3, 0.4) is 0 Å². The Labute approximate surface area is 189 Å². The lowest BCUT2D eigenvalue weighted by Crippen LogP contribution is -2.35. The third kappa shape index (κ3) is 9.39. The van der Waals surface area contributed by atoms with Gasteiger partial charge in [0, 0.05) is 25.5 Å². The number of rotatable bonds is 7. The van der Waals surface area contributed by atoms with Crippen LogP contribution in [-0.4, -0.2) is 31.1 Å². The van der Waals surface area contributed by atoms with Crippen molar-refractivity contribution in [1.29, 1.82) is 0 Å². The van der Waals surface area contributed by atoms with Crippen LogP contribution in [0.4, 0.5) is 0 Å². The summed E-state index contributed by atoms with van der Waals surface area (Å²) < 4.78 is 11.5. The van der Waals surface area contributed by atoms with Crippen LogP contribution in [-0.2, 0) is 19.1 Å². The van der Waals surface area contributed by atoms with E-state index in [1.54, 1.807) is 7.11 Å². The van der Waals surface area contributed by atoms with E-state index in [4.69, 9.17) is 9.47 Å². The Balaban J connectivity index is 3.35. The fraction of sp³-hybridized carbons (Fsp3) is 0.630. The molecule has 0 saturated heterocycles. The van der Waals surface area contributed by atoms with Crippen LogP contribution in [0, 0.1) is 11.3 Å². The van der Waals surface area contributed by atoms with E-state index in [0.717, 1.165) is 30.4 Å². The Hall–Kier alpha value is -1.94. The van der Waals surface area contributed by atoms with Crippen molar-refractivity contribution in [2.75, 3.05) is 7.11 Å². The van der Waals surface area contributed by atoms with Crippen LogP contribution >= 0.6 is 0 Å². The van der Waals surface area contributed by atoms with E-state index < -0.39 is 6.10 Å². The fourth-order valence-corrected chi connectivity index (χ4v) is 3.82. The minimum atomic E-state index is -0.466. The Morgan fingerprint density at radius 2 is 1.90 bits per heavy atom. The molecule has 0 aliphatic heterocycles. The van der Waals surface area contributed by atoms with Gasteiger partial charge >= 0.3 is 5.97 Å². The lowest BCUT2D eigenvalue weighted by atomic mass is 9.80. The van der Waals surface area contributed by atoms with E-state index >= 15 is 0 Å². The monoisotopic (exact) mass is 430 g/mol. The maximum atomic E-state index is 13.0. The highest BCUT2D eigenvalue weighted by molar-refractivity contribution is 5.95. The lowest BCUT2D eigenvalue weighted by Gasteiger charge is -2.29. The second-order valence-corrected chi connectivity index (χ2v) is 9.50. The van der Waals surface area contributed by atoms with Gasteiger partial charge in [-0.05, 0) is 70.4 Å². The number of carbonyl (C=O) groups is 2. The minimum Gasteiger partial charge on any atom is -0.455 e. The van der Waals surface area contributed by atoms with E-state index in [1.807, 2.05) is 33.8 Å². The van der Waals surface area contributed by atoms with Gasteiger partial charge in [0.1, 0.15) is 6.10 Å². The van der Waals surface area contributed by atoms with Gasteiger partial charge < -0.3 is 9.47 Å². The van der Waals surface area contributed by atoms with Gasteiger partial charge in [-0.25, -0.2) is 4.79 Å². The summed E-state index contributed by atoms with van der Waals surface area (Å²) >= 11 is 0. The van der Waals surface area contributed by atoms with E-state index in [1.165, 1.54) is 11.6 Å². The third-order valence-corrected chi connectivity index (χ3v) is 5.96. The molecule has 0 saturated carbocycles. The van der Waals surface area contributed by atoms with Gasteiger partial charge in [0.25, 0.3) is 0 Å². The van der Waals surface area contributed by atoms with Crippen molar-refractivity contribution in [3.05, 3.63) is 47.1 Å². The quantitative estimate of drug-likeness (QED) is 0.262. The molecule has 174 valence electrons. The Morgan fingerprint density at radius 3 is 2.45 bits per heavy atom. The average molecular weight is 431 g/mol. The van der Waals surface area contributed by atoms with Crippen LogP contribution in [0.1, 0.15) is 80.6 Å². The Bertz CT molecular complexity index is 732. The second-order valence-electron chi connectivity index (χ2n) is 9.50. The first-order valence-electron chi connectivity index (χ1n) is 11.4. The number of allylic oxidation sites excluding steroid dienone is 6. The molecule has 0 fully saturated rings. The van der Waals surface area contributed by atoms with Crippen LogP contribution in [0.15, 0.2) is 47.1 Å². The average Bonchev–Trinajstić information content (AvgIpc) is 2.69. The molecule has 31 heavy (non-hydrogen) atoms. The molecule has 0 aromatic carbocycles. The van der Waals surface area contributed by atoms with E-state index in [-0.39, 0.29) is 35.6 Å². The molecule has 4 heteroatoms. The summed E-state index contributed by atoms with van der Waals surface area (Å²) in [6, 6.07) is 0. The summed E-state index contributed by atoms with van der Waals surface area (Å²) in [5.41, 5.74) is 2.91. The van der Waals surface area contributed by atoms with E-state index in [2.05, 4.69) is 39.0 Å². The normalized spacial score (nSPS) is 29.7. The number of esters is 1. The highest BCUT2D eigenvalue weighted by Crippen LogP contribution is 2.34. The largest absolute Gasteiger partial charge is 0.455 e. The molecule has 0 heterocycles. The fourth-order valence-electron chi connectivity index (χ4n) is 3.82. The lowest BCUT2D eigenvalue weighted by molar-refractivity contribution is -0.145. The molecular weight excluding hydrogens is 388 g/mol. The molecule has 1 rings (SSSR count). The number of methoxy groups -OCH3 is 1. The van der Waals surface area contributed by atoms with Gasteiger partial charge in [0.05, 0.1) is 6.10 Å². The molecule has 1 aliphatic rings. The summed E-state index contributed by atoms with van der Waals surface area (Å²) in [5, 5.41) is 0. The zero-order valence-electron chi connectivity index (χ0n) is 20.8. The molecule has 0 spiro atoms. The van der Waals surface area contributed by atoms with Crippen molar-refractivity contribution in [2.45, 2.75) is 92.8 Å². The van der Waals surface area contributed by atoms with Crippen molar-refractivity contribution in [1.82, 2.24) is 0 Å². The van der Waals surface area contributed by atoms with Crippen LogP contribution in [0.2, 0.25) is 0 Å². The maximum absolute atomic E-state index is 13.0. The molecule has 1 unspecified atom stereocenters. The minimum absolute atomic E-state index is 0.115. The van der Waals surface area contributed by atoms with Crippen molar-refractivity contribution in [2.24, 2.45) is 11.3 Å². The molecule has 4 nitrogen and oxygen atoms in total. The van der Waals surface area contributed by atoms with Gasteiger partial charge in [-0.2, -0.15) is 0 Å².